The van der Waals surface area contributed by atoms with Gasteiger partial charge in [0.1, 0.15) is 11.8 Å². The molecule has 0 amide bonds. The molecule has 17 heavy (non-hydrogen) atoms. The van der Waals surface area contributed by atoms with Crippen LogP contribution in [0.1, 0.15) is 24.1 Å². The first-order valence-corrected chi connectivity index (χ1v) is 5.59. The molecule has 1 aromatic rings. The number of hydrogen-bond donors (Lipinski definition) is 1. The second kappa shape index (κ2) is 6.25. The molecule has 4 heteroatoms. The zero-order valence-corrected chi connectivity index (χ0v) is 10.7. The fourth-order valence-corrected chi connectivity index (χ4v) is 1.74. The second-order valence-corrected chi connectivity index (χ2v) is 3.74. The van der Waals surface area contributed by atoms with Crippen LogP contribution in [0.5, 0.6) is 5.75 Å². The Morgan fingerprint density at radius 3 is 2.59 bits per heavy atom. The van der Waals surface area contributed by atoms with Crippen LogP contribution in [0.4, 0.5) is 0 Å². The Hall–Kier alpha value is -1.55. The Balaban J connectivity index is 3.02. The summed E-state index contributed by atoms with van der Waals surface area (Å²) in [6, 6.07) is 5.24. The van der Waals surface area contributed by atoms with Crippen LogP contribution in [0, 0.1) is 6.92 Å². The number of rotatable bonds is 5. The van der Waals surface area contributed by atoms with E-state index >= 15 is 0 Å². The lowest BCUT2D eigenvalue weighted by atomic mass is 10.0. The van der Waals surface area contributed by atoms with Gasteiger partial charge in [0, 0.05) is 0 Å². The van der Waals surface area contributed by atoms with Gasteiger partial charge < -0.3 is 14.8 Å². The van der Waals surface area contributed by atoms with Crippen molar-refractivity contribution in [3.05, 3.63) is 29.3 Å². The number of ether oxygens (including phenoxy) is 2. The van der Waals surface area contributed by atoms with Crippen molar-refractivity contribution in [1.29, 1.82) is 0 Å². The predicted molar refractivity (Wildman–Crippen MR) is 66.2 cm³/mol. The van der Waals surface area contributed by atoms with Crippen LogP contribution < -0.4 is 10.1 Å². The number of esters is 1. The Bertz CT molecular complexity index is 390. The standard InChI is InChI=1S/C13H19NO3/c1-5-14-12(13(15)17-4)10-6-7-11(16-3)9(2)8-10/h6-8,12,14H,5H2,1-4H3. The maximum absolute atomic E-state index is 11.7. The quantitative estimate of drug-likeness (QED) is 0.794. The Kier molecular flexibility index (Phi) is 4.97. The van der Waals surface area contributed by atoms with Gasteiger partial charge in [0.2, 0.25) is 0 Å². The molecule has 1 rings (SSSR count). The normalized spacial score (nSPS) is 12.0. The van der Waals surface area contributed by atoms with Crippen molar-refractivity contribution in [2.24, 2.45) is 0 Å². The van der Waals surface area contributed by atoms with Crippen molar-refractivity contribution >= 4 is 5.97 Å². The summed E-state index contributed by atoms with van der Waals surface area (Å²) in [7, 11) is 3.02. The number of carbonyl (C=O) groups excluding carboxylic acids is 1. The van der Waals surface area contributed by atoms with Gasteiger partial charge >= 0.3 is 5.97 Å². The van der Waals surface area contributed by atoms with Crippen LogP contribution in [0.3, 0.4) is 0 Å². The largest absolute Gasteiger partial charge is 0.496 e. The lowest BCUT2D eigenvalue weighted by molar-refractivity contribution is -0.143. The molecule has 94 valence electrons. The number of nitrogens with one attached hydrogen (secondary N) is 1. The molecule has 0 fully saturated rings. The van der Waals surface area contributed by atoms with E-state index in [4.69, 9.17) is 9.47 Å². The topological polar surface area (TPSA) is 47.6 Å². The van der Waals surface area contributed by atoms with Crippen LogP contribution in [-0.4, -0.2) is 26.7 Å². The summed E-state index contributed by atoms with van der Waals surface area (Å²) in [5.74, 6) is 0.533. The first kappa shape index (κ1) is 13.5. The zero-order chi connectivity index (χ0) is 12.8. The van der Waals surface area contributed by atoms with E-state index in [1.807, 2.05) is 32.0 Å². The molecule has 0 aromatic heterocycles. The molecule has 1 unspecified atom stereocenters. The van der Waals surface area contributed by atoms with E-state index in [0.29, 0.717) is 6.54 Å². The first-order valence-electron chi connectivity index (χ1n) is 5.59. The summed E-state index contributed by atoms with van der Waals surface area (Å²) in [6.07, 6.45) is 0. The summed E-state index contributed by atoms with van der Waals surface area (Å²) < 4.78 is 9.97. The number of benzene rings is 1. The third-order valence-electron chi connectivity index (χ3n) is 2.60. The van der Waals surface area contributed by atoms with Gasteiger partial charge in [0.25, 0.3) is 0 Å². The minimum absolute atomic E-state index is 0.281. The van der Waals surface area contributed by atoms with E-state index in [1.165, 1.54) is 7.11 Å². The molecular weight excluding hydrogens is 218 g/mol. The second-order valence-electron chi connectivity index (χ2n) is 3.74. The molecule has 0 saturated carbocycles. The van der Waals surface area contributed by atoms with Crippen molar-refractivity contribution in [3.8, 4) is 5.75 Å². The van der Waals surface area contributed by atoms with Gasteiger partial charge in [-0.15, -0.1) is 0 Å². The zero-order valence-electron chi connectivity index (χ0n) is 10.7. The lowest BCUT2D eigenvalue weighted by Gasteiger charge is -2.17. The highest BCUT2D eigenvalue weighted by Crippen LogP contribution is 2.23. The van der Waals surface area contributed by atoms with Crippen LogP contribution in [0.25, 0.3) is 0 Å². The summed E-state index contributed by atoms with van der Waals surface area (Å²) in [5, 5.41) is 3.10. The number of carbonyl (C=O) groups is 1. The molecule has 1 atom stereocenters. The monoisotopic (exact) mass is 237 g/mol. The molecule has 0 radical (unpaired) electrons. The van der Waals surface area contributed by atoms with Crippen molar-refractivity contribution in [2.75, 3.05) is 20.8 Å². The molecule has 0 aliphatic heterocycles. The Morgan fingerprint density at radius 2 is 2.12 bits per heavy atom. The van der Waals surface area contributed by atoms with E-state index in [0.717, 1.165) is 16.9 Å². The van der Waals surface area contributed by atoms with E-state index < -0.39 is 6.04 Å². The maximum Gasteiger partial charge on any atom is 0.327 e. The maximum atomic E-state index is 11.7. The molecule has 4 nitrogen and oxygen atoms in total. The average Bonchev–Trinajstić information content (AvgIpc) is 2.35. The average molecular weight is 237 g/mol. The lowest BCUT2D eigenvalue weighted by Crippen LogP contribution is -2.29. The third-order valence-corrected chi connectivity index (χ3v) is 2.60. The molecule has 0 heterocycles. The molecule has 0 saturated heterocycles. The predicted octanol–water partition coefficient (Wildman–Crippen LogP) is 1.83. The summed E-state index contributed by atoms with van der Waals surface area (Å²) in [5.41, 5.74) is 1.88. The van der Waals surface area contributed by atoms with Crippen LogP contribution in [-0.2, 0) is 9.53 Å². The van der Waals surface area contributed by atoms with Gasteiger partial charge in [-0.25, -0.2) is 4.79 Å². The molecule has 0 aliphatic rings. The van der Waals surface area contributed by atoms with Gasteiger partial charge in [-0.2, -0.15) is 0 Å². The Labute approximate surface area is 102 Å². The molecule has 1 N–H and O–H groups in total. The van der Waals surface area contributed by atoms with Gasteiger partial charge in [0.05, 0.1) is 14.2 Å². The highest BCUT2D eigenvalue weighted by molar-refractivity contribution is 5.77. The molecule has 1 aromatic carbocycles. The fraction of sp³-hybridized carbons (Fsp3) is 0.462. The fourth-order valence-electron chi connectivity index (χ4n) is 1.74. The number of hydrogen-bond acceptors (Lipinski definition) is 4. The van der Waals surface area contributed by atoms with Crippen LogP contribution in [0.2, 0.25) is 0 Å². The smallest absolute Gasteiger partial charge is 0.327 e. The van der Waals surface area contributed by atoms with E-state index in [2.05, 4.69) is 5.32 Å². The number of aryl methyl sites for hydroxylation is 1. The van der Waals surface area contributed by atoms with Gasteiger partial charge in [-0.05, 0) is 30.7 Å². The third kappa shape index (κ3) is 3.20. The van der Waals surface area contributed by atoms with Crippen molar-refractivity contribution in [3.63, 3.8) is 0 Å². The van der Waals surface area contributed by atoms with Crippen molar-refractivity contribution in [1.82, 2.24) is 5.32 Å². The van der Waals surface area contributed by atoms with Crippen LogP contribution in [0.15, 0.2) is 18.2 Å². The highest BCUT2D eigenvalue weighted by Gasteiger charge is 2.20. The summed E-state index contributed by atoms with van der Waals surface area (Å²) in [6.45, 7) is 4.60. The SMILES string of the molecule is CCNC(C(=O)OC)c1ccc(OC)c(C)c1. The summed E-state index contributed by atoms with van der Waals surface area (Å²) >= 11 is 0. The molecule has 0 bridgehead atoms. The minimum atomic E-state index is -0.422. The number of methoxy groups -OCH3 is 2. The van der Waals surface area contributed by atoms with E-state index in [-0.39, 0.29) is 5.97 Å². The van der Waals surface area contributed by atoms with E-state index in [1.54, 1.807) is 7.11 Å². The molecule has 0 aliphatic carbocycles. The van der Waals surface area contributed by atoms with Crippen LogP contribution >= 0.6 is 0 Å². The summed E-state index contributed by atoms with van der Waals surface area (Å²) in [4.78, 5) is 11.7. The molecule has 0 spiro atoms. The van der Waals surface area contributed by atoms with Gasteiger partial charge in [-0.3, -0.25) is 0 Å². The Morgan fingerprint density at radius 1 is 1.41 bits per heavy atom. The minimum Gasteiger partial charge on any atom is -0.496 e. The van der Waals surface area contributed by atoms with Crippen molar-refractivity contribution < 1.29 is 14.3 Å². The molecular formula is C13H19NO3. The van der Waals surface area contributed by atoms with Gasteiger partial charge in [-0.1, -0.05) is 19.1 Å². The number of likely N-dealkylation sites (N-methyl/N-ethyl adjacent to an activating group) is 1. The van der Waals surface area contributed by atoms with Gasteiger partial charge in [0.15, 0.2) is 0 Å². The van der Waals surface area contributed by atoms with Crippen molar-refractivity contribution in [2.45, 2.75) is 19.9 Å². The van der Waals surface area contributed by atoms with E-state index in [9.17, 15) is 4.79 Å². The first-order chi connectivity index (χ1) is 8.13. The highest BCUT2D eigenvalue weighted by atomic mass is 16.5.